The molecule has 0 radical (unpaired) electrons. The Labute approximate surface area is 105 Å². The molecule has 0 aliphatic rings. The number of likely N-dealkylation sites (N-methyl/N-ethyl adjacent to an activating group) is 1. The fourth-order valence-corrected chi connectivity index (χ4v) is 2.67. The number of nitrogens with zero attached hydrogens (tertiary/aromatic N) is 1. The second kappa shape index (κ2) is 4.73. The zero-order valence-corrected chi connectivity index (χ0v) is 11.4. The normalized spacial score (nSPS) is 11.6. The summed E-state index contributed by atoms with van der Waals surface area (Å²) < 4.78 is 0. The number of thiophene rings is 1. The van der Waals surface area contributed by atoms with Crippen molar-refractivity contribution in [1.29, 1.82) is 0 Å². The van der Waals surface area contributed by atoms with Crippen molar-refractivity contribution in [3.8, 4) is 0 Å². The lowest BCUT2D eigenvalue weighted by Gasteiger charge is -2.25. The summed E-state index contributed by atoms with van der Waals surface area (Å²) in [6.07, 6.45) is 0. The predicted molar refractivity (Wildman–Crippen MR) is 67.3 cm³/mol. The van der Waals surface area contributed by atoms with Crippen molar-refractivity contribution in [1.82, 2.24) is 4.90 Å². The van der Waals surface area contributed by atoms with Gasteiger partial charge in [-0.1, -0.05) is 11.6 Å². The molecule has 3 nitrogen and oxygen atoms in total. The van der Waals surface area contributed by atoms with E-state index in [9.17, 15) is 9.90 Å². The molecular weight excluding hydrogens is 246 g/mol. The van der Waals surface area contributed by atoms with Gasteiger partial charge in [-0.3, -0.25) is 4.79 Å². The monoisotopic (exact) mass is 261 g/mol. The second-order valence-corrected chi connectivity index (χ2v) is 5.79. The van der Waals surface area contributed by atoms with Gasteiger partial charge in [-0.05, 0) is 31.7 Å². The molecule has 1 N–H and O–H groups in total. The highest BCUT2D eigenvalue weighted by molar-refractivity contribution is 7.13. The van der Waals surface area contributed by atoms with Crippen LogP contribution in [0.25, 0.3) is 0 Å². The van der Waals surface area contributed by atoms with Crippen molar-refractivity contribution in [3.63, 3.8) is 0 Å². The van der Waals surface area contributed by atoms with Gasteiger partial charge in [-0.15, -0.1) is 11.3 Å². The van der Waals surface area contributed by atoms with E-state index in [1.54, 1.807) is 20.9 Å². The molecule has 5 heteroatoms. The Balaban J connectivity index is 2.83. The first kappa shape index (κ1) is 13.5. The first-order valence-electron chi connectivity index (χ1n) is 4.94. The molecule has 90 valence electrons. The Morgan fingerprint density at radius 1 is 1.62 bits per heavy atom. The SMILES string of the molecule is Cc1csc(C(=O)N(C)CC(C)(C)O)c1Cl. The molecule has 0 spiro atoms. The minimum atomic E-state index is -0.900. The predicted octanol–water partition coefficient (Wildman–Crippen LogP) is 2.55. The maximum Gasteiger partial charge on any atom is 0.265 e. The molecule has 0 fully saturated rings. The van der Waals surface area contributed by atoms with Gasteiger partial charge in [0.1, 0.15) is 4.88 Å². The average molecular weight is 262 g/mol. The van der Waals surface area contributed by atoms with E-state index >= 15 is 0 Å². The molecule has 1 heterocycles. The number of aliphatic hydroxyl groups is 1. The fraction of sp³-hybridized carbons (Fsp3) is 0.545. The molecule has 0 aliphatic carbocycles. The van der Waals surface area contributed by atoms with Crippen molar-refractivity contribution >= 4 is 28.8 Å². The number of halogens is 1. The summed E-state index contributed by atoms with van der Waals surface area (Å²) >= 11 is 7.35. The van der Waals surface area contributed by atoms with E-state index in [4.69, 9.17) is 11.6 Å². The molecule has 0 saturated heterocycles. The highest BCUT2D eigenvalue weighted by Crippen LogP contribution is 2.28. The van der Waals surface area contributed by atoms with E-state index in [0.29, 0.717) is 9.90 Å². The molecule has 0 unspecified atom stereocenters. The fourth-order valence-electron chi connectivity index (χ4n) is 1.40. The van der Waals surface area contributed by atoms with Gasteiger partial charge in [0.15, 0.2) is 0 Å². The Bertz CT molecular complexity index is 395. The van der Waals surface area contributed by atoms with E-state index in [2.05, 4.69) is 0 Å². The number of carbonyl (C=O) groups excluding carboxylic acids is 1. The van der Waals surface area contributed by atoms with Crippen LogP contribution in [-0.2, 0) is 0 Å². The minimum absolute atomic E-state index is 0.148. The van der Waals surface area contributed by atoms with Crippen LogP contribution in [-0.4, -0.2) is 35.1 Å². The number of carbonyl (C=O) groups is 1. The molecule has 0 saturated carbocycles. The van der Waals surface area contributed by atoms with Gasteiger partial charge >= 0.3 is 0 Å². The second-order valence-electron chi connectivity index (χ2n) is 4.54. The number of hydrogen-bond donors (Lipinski definition) is 1. The topological polar surface area (TPSA) is 40.5 Å². The van der Waals surface area contributed by atoms with Gasteiger partial charge < -0.3 is 10.0 Å². The molecule has 1 aromatic heterocycles. The number of aryl methyl sites for hydroxylation is 1. The van der Waals surface area contributed by atoms with E-state index in [0.717, 1.165) is 5.56 Å². The first-order valence-corrected chi connectivity index (χ1v) is 6.19. The summed E-state index contributed by atoms with van der Waals surface area (Å²) in [5, 5.41) is 12.0. The van der Waals surface area contributed by atoms with Crippen LogP contribution in [0.15, 0.2) is 5.38 Å². The molecule has 1 amide bonds. The summed E-state index contributed by atoms with van der Waals surface area (Å²) in [7, 11) is 1.66. The standard InChI is InChI=1S/C11H16ClNO2S/c1-7-5-16-9(8(7)12)10(14)13(4)6-11(2,3)15/h5,15H,6H2,1-4H3. The third-order valence-corrected chi connectivity index (χ3v) is 3.75. The maximum absolute atomic E-state index is 12.0. The smallest absolute Gasteiger partial charge is 0.265 e. The molecule has 0 bridgehead atoms. The largest absolute Gasteiger partial charge is 0.389 e. The number of hydrogen-bond acceptors (Lipinski definition) is 3. The summed E-state index contributed by atoms with van der Waals surface area (Å²) in [5.41, 5.74) is 0.00935. The molecule has 0 aliphatic heterocycles. The Kier molecular flexibility index (Phi) is 3.99. The highest BCUT2D eigenvalue weighted by atomic mass is 35.5. The zero-order valence-electron chi connectivity index (χ0n) is 9.87. The summed E-state index contributed by atoms with van der Waals surface area (Å²) in [5.74, 6) is -0.148. The van der Waals surface area contributed by atoms with Crippen LogP contribution in [0.1, 0.15) is 29.1 Å². The third-order valence-electron chi connectivity index (χ3n) is 2.06. The van der Waals surface area contributed by atoms with Gasteiger partial charge in [0.05, 0.1) is 10.6 Å². The van der Waals surface area contributed by atoms with E-state index < -0.39 is 5.60 Å². The lowest BCUT2D eigenvalue weighted by Crippen LogP contribution is -2.39. The van der Waals surface area contributed by atoms with Crippen LogP contribution in [0.4, 0.5) is 0 Å². The van der Waals surface area contributed by atoms with Crippen molar-refractivity contribution < 1.29 is 9.90 Å². The first-order chi connectivity index (χ1) is 7.22. The van der Waals surface area contributed by atoms with Crippen molar-refractivity contribution in [2.75, 3.05) is 13.6 Å². The molecule has 1 aromatic rings. The lowest BCUT2D eigenvalue weighted by atomic mass is 10.1. The zero-order chi connectivity index (χ0) is 12.5. The molecule has 0 aromatic carbocycles. The van der Waals surface area contributed by atoms with Gasteiger partial charge in [0, 0.05) is 13.6 Å². The van der Waals surface area contributed by atoms with E-state index in [1.807, 2.05) is 12.3 Å². The van der Waals surface area contributed by atoms with Crippen LogP contribution >= 0.6 is 22.9 Å². The van der Waals surface area contributed by atoms with E-state index in [-0.39, 0.29) is 12.5 Å². The number of rotatable bonds is 3. The Morgan fingerprint density at radius 3 is 2.56 bits per heavy atom. The van der Waals surface area contributed by atoms with Gasteiger partial charge in [0.2, 0.25) is 0 Å². The quantitative estimate of drug-likeness (QED) is 0.909. The van der Waals surface area contributed by atoms with Crippen LogP contribution < -0.4 is 0 Å². The third kappa shape index (κ3) is 3.20. The summed E-state index contributed by atoms with van der Waals surface area (Å²) in [4.78, 5) is 14.0. The van der Waals surface area contributed by atoms with Crippen LogP contribution in [0.2, 0.25) is 5.02 Å². The van der Waals surface area contributed by atoms with Gasteiger partial charge in [-0.2, -0.15) is 0 Å². The summed E-state index contributed by atoms with van der Waals surface area (Å²) in [6.45, 7) is 5.47. The highest BCUT2D eigenvalue weighted by Gasteiger charge is 2.23. The van der Waals surface area contributed by atoms with Gasteiger partial charge in [-0.25, -0.2) is 0 Å². The van der Waals surface area contributed by atoms with Crippen molar-refractivity contribution in [2.45, 2.75) is 26.4 Å². The molecular formula is C11H16ClNO2S. The van der Waals surface area contributed by atoms with Gasteiger partial charge in [0.25, 0.3) is 5.91 Å². The lowest BCUT2D eigenvalue weighted by molar-refractivity contribution is 0.0370. The van der Waals surface area contributed by atoms with Crippen molar-refractivity contribution in [2.24, 2.45) is 0 Å². The average Bonchev–Trinajstić information content (AvgIpc) is 2.44. The Hall–Kier alpha value is -0.580. The summed E-state index contributed by atoms with van der Waals surface area (Å²) in [6, 6.07) is 0. The van der Waals surface area contributed by atoms with Crippen molar-refractivity contribution in [3.05, 3.63) is 20.8 Å². The van der Waals surface area contributed by atoms with E-state index in [1.165, 1.54) is 16.2 Å². The number of amides is 1. The molecule has 0 atom stereocenters. The van der Waals surface area contributed by atoms with Crippen LogP contribution in [0, 0.1) is 6.92 Å². The molecule has 16 heavy (non-hydrogen) atoms. The Morgan fingerprint density at radius 2 is 2.19 bits per heavy atom. The minimum Gasteiger partial charge on any atom is -0.389 e. The van der Waals surface area contributed by atoms with Crippen LogP contribution in [0.3, 0.4) is 0 Å². The van der Waals surface area contributed by atoms with Crippen LogP contribution in [0.5, 0.6) is 0 Å². The molecule has 1 rings (SSSR count). The maximum atomic E-state index is 12.0.